The van der Waals surface area contributed by atoms with Crippen molar-refractivity contribution in [2.24, 2.45) is 0 Å². The van der Waals surface area contributed by atoms with E-state index in [1.165, 1.54) is 6.07 Å². The Balaban J connectivity index is 2.07. The van der Waals surface area contributed by atoms with Crippen LogP contribution in [-0.2, 0) is 0 Å². The van der Waals surface area contributed by atoms with Gasteiger partial charge in [-0.15, -0.1) is 10.2 Å². The highest BCUT2D eigenvalue weighted by atomic mass is 35.5. The lowest BCUT2D eigenvalue weighted by molar-refractivity contribution is 0.474. The fourth-order valence-corrected chi connectivity index (χ4v) is 1.80. The quantitative estimate of drug-likeness (QED) is 0.894. The normalized spacial score (nSPS) is 14.4. The van der Waals surface area contributed by atoms with Gasteiger partial charge in [-0.3, -0.25) is 0 Å². The highest BCUT2D eigenvalue weighted by Gasteiger charge is 2.15. The summed E-state index contributed by atoms with van der Waals surface area (Å²) in [7, 11) is 0. The van der Waals surface area contributed by atoms with Gasteiger partial charge in [0.25, 0.3) is 0 Å². The smallest absolute Gasteiger partial charge is 0.191 e. The molecule has 2 unspecified atom stereocenters. The van der Waals surface area contributed by atoms with E-state index in [9.17, 15) is 4.39 Å². The van der Waals surface area contributed by atoms with Crippen LogP contribution < -0.4 is 5.32 Å². The Morgan fingerprint density at radius 1 is 1.33 bits per heavy atom. The Bertz CT molecular complexity index is 516. The van der Waals surface area contributed by atoms with E-state index in [1.54, 1.807) is 12.1 Å². The molecule has 2 N–H and O–H groups in total. The zero-order valence-electron chi connectivity index (χ0n) is 9.98. The molecule has 0 aliphatic carbocycles. The summed E-state index contributed by atoms with van der Waals surface area (Å²) in [4.78, 5) is 0. The Morgan fingerprint density at radius 2 is 2.11 bits per heavy atom. The molecule has 5 nitrogen and oxygen atoms in total. The van der Waals surface area contributed by atoms with Gasteiger partial charge < -0.3 is 5.32 Å². The number of nitrogens with one attached hydrogen (secondary N) is 2. The van der Waals surface area contributed by atoms with Crippen LogP contribution in [-0.4, -0.2) is 20.6 Å². The van der Waals surface area contributed by atoms with Crippen LogP contribution in [0.1, 0.15) is 37.3 Å². The average Bonchev–Trinajstić information content (AvgIpc) is 2.86. The van der Waals surface area contributed by atoms with Gasteiger partial charge in [0, 0.05) is 6.04 Å². The number of hydrogen-bond acceptors (Lipinski definition) is 4. The topological polar surface area (TPSA) is 66.5 Å². The minimum Gasteiger partial charge on any atom is -0.301 e. The van der Waals surface area contributed by atoms with Crippen LogP contribution in [0.4, 0.5) is 4.39 Å². The molecule has 1 aromatic heterocycles. The molecule has 0 amide bonds. The molecule has 0 saturated heterocycles. The average molecular weight is 270 g/mol. The van der Waals surface area contributed by atoms with E-state index in [-0.39, 0.29) is 17.1 Å². The van der Waals surface area contributed by atoms with E-state index in [2.05, 4.69) is 25.9 Å². The van der Waals surface area contributed by atoms with E-state index in [0.29, 0.717) is 5.82 Å². The van der Waals surface area contributed by atoms with Crippen molar-refractivity contribution in [3.05, 3.63) is 40.4 Å². The molecule has 0 spiro atoms. The number of H-pyrrole nitrogens is 1. The van der Waals surface area contributed by atoms with E-state index in [4.69, 9.17) is 11.6 Å². The molecule has 0 radical (unpaired) electrons. The lowest BCUT2D eigenvalue weighted by Crippen LogP contribution is -2.23. The Morgan fingerprint density at radius 3 is 2.72 bits per heavy atom. The summed E-state index contributed by atoms with van der Waals surface area (Å²) in [6, 6.07) is 4.61. The predicted octanol–water partition coefficient (Wildman–Crippen LogP) is 2.40. The standard InChI is InChI=1S/C11H13ClFN5/c1-6(8-3-4-9(12)10(13)5-8)14-7(2)11-15-17-18-16-11/h3-7,14H,1-2H3,(H,15,16,17,18). The molecule has 0 aliphatic heterocycles. The maximum atomic E-state index is 13.4. The number of aromatic amines is 1. The van der Waals surface area contributed by atoms with Gasteiger partial charge in [-0.1, -0.05) is 22.9 Å². The lowest BCUT2D eigenvalue weighted by atomic mass is 10.1. The number of nitrogens with zero attached hydrogens (tertiary/aromatic N) is 3. The molecule has 2 rings (SSSR count). The summed E-state index contributed by atoms with van der Waals surface area (Å²) in [5.41, 5.74) is 0.812. The Kier molecular flexibility index (Phi) is 3.88. The SMILES string of the molecule is CC(NC(C)c1nn[nH]n1)c1ccc(Cl)c(F)c1. The summed E-state index contributed by atoms with van der Waals surface area (Å²) < 4.78 is 13.4. The second kappa shape index (κ2) is 5.41. The maximum absolute atomic E-state index is 13.4. The van der Waals surface area contributed by atoms with Crippen LogP contribution in [0, 0.1) is 5.82 Å². The molecule has 2 aromatic rings. The minimum atomic E-state index is -0.421. The second-order valence-corrected chi connectivity index (χ2v) is 4.46. The van der Waals surface area contributed by atoms with Crippen molar-refractivity contribution in [2.45, 2.75) is 25.9 Å². The van der Waals surface area contributed by atoms with Crippen LogP contribution >= 0.6 is 11.6 Å². The highest BCUT2D eigenvalue weighted by molar-refractivity contribution is 6.30. The largest absolute Gasteiger partial charge is 0.301 e. The number of benzene rings is 1. The molecule has 96 valence electrons. The van der Waals surface area contributed by atoms with E-state index in [1.807, 2.05) is 13.8 Å². The van der Waals surface area contributed by atoms with E-state index >= 15 is 0 Å². The van der Waals surface area contributed by atoms with Crippen molar-refractivity contribution in [2.75, 3.05) is 0 Å². The van der Waals surface area contributed by atoms with Crippen molar-refractivity contribution in [1.29, 1.82) is 0 Å². The number of tetrazole rings is 1. The van der Waals surface area contributed by atoms with Gasteiger partial charge in [0.1, 0.15) is 5.82 Å². The number of halogens is 2. The second-order valence-electron chi connectivity index (χ2n) is 4.05. The third-order valence-corrected chi connectivity index (χ3v) is 3.00. The monoisotopic (exact) mass is 269 g/mol. The Hall–Kier alpha value is -1.53. The summed E-state index contributed by atoms with van der Waals surface area (Å²) >= 11 is 5.64. The maximum Gasteiger partial charge on any atom is 0.191 e. The first-order valence-corrected chi connectivity index (χ1v) is 5.90. The zero-order chi connectivity index (χ0) is 13.1. The van der Waals surface area contributed by atoms with Crippen molar-refractivity contribution >= 4 is 11.6 Å². The molecule has 18 heavy (non-hydrogen) atoms. The summed E-state index contributed by atoms with van der Waals surface area (Å²) in [5.74, 6) is 0.145. The van der Waals surface area contributed by atoms with Gasteiger partial charge in [-0.25, -0.2) is 4.39 Å². The van der Waals surface area contributed by atoms with Crippen LogP contribution in [0.5, 0.6) is 0 Å². The molecule has 0 saturated carbocycles. The zero-order valence-corrected chi connectivity index (χ0v) is 10.7. The van der Waals surface area contributed by atoms with Gasteiger partial charge in [0.2, 0.25) is 0 Å². The first-order valence-electron chi connectivity index (χ1n) is 5.52. The molecule has 0 fully saturated rings. The third kappa shape index (κ3) is 2.83. The molecular formula is C11H13ClFN5. The van der Waals surface area contributed by atoms with E-state index < -0.39 is 5.82 Å². The van der Waals surface area contributed by atoms with Gasteiger partial charge >= 0.3 is 0 Å². The molecule has 0 bridgehead atoms. The van der Waals surface area contributed by atoms with Crippen molar-refractivity contribution in [3.63, 3.8) is 0 Å². The van der Waals surface area contributed by atoms with Gasteiger partial charge in [-0.2, -0.15) is 5.21 Å². The summed E-state index contributed by atoms with van der Waals surface area (Å²) in [6.07, 6.45) is 0. The van der Waals surface area contributed by atoms with Crippen molar-refractivity contribution in [3.8, 4) is 0 Å². The van der Waals surface area contributed by atoms with Gasteiger partial charge in [-0.05, 0) is 31.5 Å². The number of rotatable bonds is 4. The minimum absolute atomic E-state index is 0.0507. The lowest BCUT2D eigenvalue weighted by Gasteiger charge is -2.18. The van der Waals surface area contributed by atoms with Crippen LogP contribution in [0.15, 0.2) is 18.2 Å². The summed E-state index contributed by atoms with van der Waals surface area (Å²) in [6.45, 7) is 3.84. The van der Waals surface area contributed by atoms with Gasteiger partial charge in [0.05, 0.1) is 11.1 Å². The van der Waals surface area contributed by atoms with Crippen molar-refractivity contribution in [1.82, 2.24) is 25.9 Å². The van der Waals surface area contributed by atoms with E-state index in [0.717, 1.165) is 5.56 Å². The highest BCUT2D eigenvalue weighted by Crippen LogP contribution is 2.21. The summed E-state index contributed by atoms with van der Waals surface area (Å²) in [5, 5.41) is 17.0. The number of hydrogen-bond donors (Lipinski definition) is 2. The fraction of sp³-hybridized carbons (Fsp3) is 0.364. The van der Waals surface area contributed by atoms with Crippen LogP contribution in [0.2, 0.25) is 5.02 Å². The predicted molar refractivity (Wildman–Crippen MR) is 65.6 cm³/mol. The first kappa shape index (κ1) is 12.9. The molecule has 7 heteroatoms. The van der Waals surface area contributed by atoms with Crippen LogP contribution in [0.3, 0.4) is 0 Å². The van der Waals surface area contributed by atoms with Crippen LogP contribution in [0.25, 0.3) is 0 Å². The molecule has 2 atom stereocenters. The third-order valence-electron chi connectivity index (χ3n) is 2.69. The molecular weight excluding hydrogens is 257 g/mol. The van der Waals surface area contributed by atoms with Gasteiger partial charge in [0.15, 0.2) is 5.82 Å². The first-order chi connectivity index (χ1) is 8.58. The molecule has 1 heterocycles. The fourth-order valence-electron chi connectivity index (χ4n) is 1.68. The molecule has 1 aromatic carbocycles. The van der Waals surface area contributed by atoms with Crippen molar-refractivity contribution < 1.29 is 4.39 Å². The Labute approximate surface area is 109 Å². The number of aromatic nitrogens is 4. The molecule has 0 aliphatic rings.